The van der Waals surface area contributed by atoms with Crippen LogP contribution in [0.5, 0.6) is 5.75 Å². The van der Waals surface area contributed by atoms with Crippen LogP contribution in [-0.4, -0.2) is 44.7 Å². The molecule has 0 bridgehead atoms. The Morgan fingerprint density at radius 3 is 2.55 bits per heavy atom. The lowest BCUT2D eigenvalue weighted by molar-refractivity contribution is -0.132. The van der Waals surface area contributed by atoms with Crippen molar-refractivity contribution >= 4 is 23.5 Å². The zero-order valence-corrected chi connectivity index (χ0v) is 16.4. The second-order valence-electron chi connectivity index (χ2n) is 6.10. The molecule has 8 heteroatoms. The highest BCUT2D eigenvalue weighted by atomic mass is 16.5. The number of rotatable bonds is 10. The van der Waals surface area contributed by atoms with Crippen LogP contribution in [0, 0.1) is 0 Å². The summed E-state index contributed by atoms with van der Waals surface area (Å²) in [6.45, 7) is 2.34. The van der Waals surface area contributed by atoms with Crippen LogP contribution >= 0.6 is 0 Å². The smallest absolute Gasteiger partial charge is 0.308 e. The lowest BCUT2D eigenvalue weighted by Gasteiger charge is -2.10. The summed E-state index contributed by atoms with van der Waals surface area (Å²) in [7, 11) is 1.56. The number of esters is 1. The highest BCUT2D eigenvalue weighted by Crippen LogP contribution is 2.16. The van der Waals surface area contributed by atoms with E-state index in [0.29, 0.717) is 36.8 Å². The summed E-state index contributed by atoms with van der Waals surface area (Å²) < 4.78 is 15.0. The molecule has 2 amide bonds. The topological polar surface area (TPSA) is 103 Å². The Morgan fingerprint density at radius 2 is 1.79 bits per heavy atom. The normalized spacial score (nSPS) is 10.3. The van der Waals surface area contributed by atoms with Crippen molar-refractivity contribution in [2.45, 2.75) is 13.5 Å². The molecule has 0 saturated carbocycles. The standard InChI is InChI=1S/C21H24N2O6/c1-15(24)29-19-8-4-6-17(12-19)21(26)23-18-7-3-5-16(11-18)13-22-20(25)14-28-10-9-27-2/h3-8,11-12H,9-10,13-14H2,1-2H3,(H,22,25)(H,23,26). The van der Waals surface area contributed by atoms with Crippen LogP contribution in [-0.2, 0) is 25.6 Å². The minimum absolute atomic E-state index is 0.0432. The van der Waals surface area contributed by atoms with Gasteiger partial charge in [0, 0.05) is 31.8 Å². The maximum atomic E-state index is 12.5. The van der Waals surface area contributed by atoms with Gasteiger partial charge in [-0.1, -0.05) is 18.2 Å². The van der Waals surface area contributed by atoms with E-state index < -0.39 is 5.97 Å². The summed E-state index contributed by atoms with van der Waals surface area (Å²) in [6, 6.07) is 13.5. The van der Waals surface area contributed by atoms with E-state index in [-0.39, 0.29) is 18.4 Å². The van der Waals surface area contributed by atoms with Gasteiger partial charge in [0.2, 0.25) is 5.91 Å². The Morgan fingerprint density at radius 1 is 1.00 bits per heavy atom. The van der Waals surface area contributed by atoms with Crippen LogP contribution in [0.1, 0.15) is 22.8 Å². The minimum Gasteiger partial charge on any atom is -0.427 e. The number of hydrogen-bond donors (Lipinski definition) is 2. The van der Waals surface area contributed by atoms with Gasteiger partial charge in [-0.15, -0.1) is 0 Å². The predicted octanol–water partition coefficient (Wildman–Crippen LogP) is 2.14. The van der Waals surface area contributed by atoms with Gasteiger partial charge in [-0.05, 0) is 35.9 Å². The van der Waals surface area contributed by atoms with Crippen LogP contribution in [0.15, 0.2) is 48.5 Å². The van der Waals surface area contributed by atoms with Crippen molar-refractivity contribution in [3.05, 3.63) is 59.7 Å². The summed E-state index contributed by atoms with van der Waals surface area (Å²) in [5.74, 6) is -0.736. The van der Waals surface area contributed by atoms with E-state index in [1.165, 1.54) is 13.0 Å². The summed E-state index contributed by atoms with van der Waals surface area (Å²) in [5.41, 5.74) is 1.76. The first kappa shape index (κ1) is 22.1. The van der Waals surface area contributed by atoms with Gasteiger partial charge in [0.25, 0.3) is 5.91 Å². The average Bonchev–Trinajstić information content (AvgIpc) is 2.70. The van der Waals surface area contributed by atoms with Crippen molar-refractivity contribution in [3.63, 3.8) is 0 Å². The molecule has 0 heterocycles. The molecule has 0 fully saturated rings. The van der Waals surface area contributed by atoms with Gasteiger partial charge in [0.1, 0.15) is 12.4 Å². The third kappa shape index (κ3) is 8.12. The number of amides is 2. The largest absolute Gasteiger partial charge is 0.427 e. The van der Waals surface area contributed by atoms with Crippen LogP contribution < -0.4 is 15.4 Å². The molecule has 8 nitrogen and oxygen atoms in total. The molecule has 0 radical (unpaired) electrons. The molecule has 0 aliphatic rings. The zero-order chi connectivity index (χ0) is 21.1. The Hall–Kier alpha value is -3.23. The molecule has 0 atom stereocenters. The number of methoxy groups -OCH3 is 1. The molecule has 0 aliphatic heterocycles. The number of nitrogens with one attached hydrogen (secondary N) is 2. The lowest BCUT2D eigenvalue weighted by Crippen LogP contribution is -2.27. The van der Waals surface area contributed by atoms with E-state index in [4.69, 9.17) is 14.2 Å². The molecule has 0 unspecified atom stereocenters. The predicted molar refractivity (Wildman–Crippen MR) is 107 cm³/mol. The summed E-state index contributed by atoms with van der Waals surface area (Å²) >= 11 is 0. The maximum Gasteiger partial charge on any atom is 0.308 e. The van der Waals surface area contributed by atoms with E-state index in [1.54, 1.807) is 43.5 Å². The van der Waals surface area contributed by atoms with Crippen molar-refractivity contribution in [2.24, 2.45) is 0 Å². The quantitative estimate of drug-likeness (QED) is 0.360. The summed E-state index contributed by atoms with van der Waals surface area (Å²) in [5, 5.41) is 5.53. The van der Waals surface area contributed by atoms with Gasteiger partial charge in [-0.25, -0.2) is 0 Å². The van der Waals surface area contributed by atoms with Crippen molar-refractivity contribution in [1.82, 2.24) is 5.32 Å². The van der Waals surface area contributed by atoms with Crippen LogP contribution in [0.3, 0.4) is 0 Å². The van der Waals surface area contributed by atoms with E-state index in [9.17, 15) is 14.4 Å². The van der Waals surface area contributed by atoms with Crippen molar-refractivity contribution in [3.8, 4) is 5.75 Å². The van der Waals surface area contributed by atoms with E-state index in [1.807, 2.05) is 6.07 Å². The second kappa shape index (κ2) is 11.6. The van der Waals surface area contributed by atoms with Gasteiger partial charge >= 0.3 is 5.97 Å². The minimum atomic E-state index is -0.457. The summed E-state index contributed by atoms with van der Waals surface area (Å²) in [4.78, 5) is 35.3. The highest BCUT2D eigenvalue weighted by molar-refractivity contribution is 6.04. The first-order valence-corrected chi connectivity index (χ1v) is 9.00. The average molecular weight is 400 g/mol. The third-order valence-corrected chi connectivity index (χ3v) is 3.70. The monoisotopic (exact) mass is 400 g/mol. The highest BCUT2D eigenvalue weighted by Gasteiger charge is 2.09. The molecular formula is C21H24N2O6. The fourth-order valence-corrected chi connectivity index (χ4v) is 2.39. The molecule has 29 heavy (non-hydrogen) atoms. The van der Waals surface area contributed by atoms with E-state index in [0.717, 1.165) is 5.56 Å². The first-order chi connectivity index (χ1) is 14.0. The van der Waals surface area contributed by atoms with Gasteiger partial charge in [0.15, 0.2) is 0 Å². The van der Waals surface area contributed by atoms with Crippen LogP contribution in [0.25, 0.3) is 0 Å². The van der Waals surface area contributed by atoms with Crippen molar-refractivity contribution < 1.29 is 28.6 Å². The van der Waals surface area contributed by atoms with Gasteiger partial charge in [0.05, 0.1) is 13.2 Å². The molecule has 2 rings (SSSR count). The van der Waals surface area contributed by atoms with Crippen molar-refractivity contribution in [2.75, 3.05) is 32.2 Å². The number of anilines is 1. The Kier molecular flexibility index (Phi) is 8.81. The van der Waals surface area contributed by atoms with Gasteiger partial charge in [-0.2, -0.15) is 0 Å². The molecular weight excluding hydrogens is 376 g/mol. The SMILES string of the molecule is COCCOCC(=O)NCc1cccc(NC(=O)c2cccc(OC(C)=O)c2)c1. The number of carbonyl (C=O) groups is 3. The number of ether oxygens (including phenoxy) is 3. The zero-order valence-electron chi connectivity index (χ0n) is 16.4. The molecule has 154 valence electrons. The molecule has 2 N–H and O–H groups in total. The molecule has 2 aromatic carbocycles. The van der Waals surface area contributed by atoms with E-state index in [2.05, 4.69) is 10.6 Å². The van der Waals surface area contributed by atoms with Crippen LogP contribution in [0.4, 0.5) is 5.69 Å². The third-order valence-electron chi connectivity index (χ3n) is 3.70. The first-order valence-electron chi connectivity index (χ1n) is 9.00. The van der Waals surface area contributed by atoms with Gasteiger partial charge < -0.3 is 24.8 Å². The molecule has 0 aromatic heterocycles. The van der Waals surface area contributed by atoms with E-state index >= 15 is 0 Å². The Labute approximate surface area is 169 Å². The lowest BCUT2D eigenvalue weighted by atomic mass is 10.1. The molecule has 0 aliphatic carbocycles. The number of benzene rings is 2. The fraction of sp³-hybridized carbons (Fsp3) is 0.286. The van der Waals surface area contributed by atoms with Gasteiger partial charge in [-0.3, -0.25) is 14.4 Å². The summed E-state index contributed by atoms with van der Waals surface area (Å²) in [6.07, 6.45) is 0. The Bertz CT molecular complexity index is 853. The number of carbonyl (C=O) groups excluding carboxylic acids is 3. The fourth-order valence-electron chi connectivity index (χ4n) is 2.39. The van der Waals surface area contributed by atoms with Crippen molar-refractivity contribution in [1.29, 1.82) is 0 Å². The molecule has 0 saturated heterocycles. The molecule has 2 aromatic rings. The molecule has 0 spiro atoms. The maximum absolute atomic E-state index is 12.5. The second-order valence-corrected chi connectivity index (χ2v) is 6.10. The Balaban J connectivity index is 1.90. The number of hydrogen-bond acceptors (Lipinski definition) is 6. The van der Waals surface area contributed by atoms with Crippen LogP contribution in [0.2, 0.25) is 0 Å².